The fraction of sp³-hybridized carbons (Fsp3) is 0.429. The monoisotopic (exact) mass is 355 g/mol. The van der Waals surface area contributed by atoms with Gasteiger partial charge in [-0.2, -0.15) is 0 Å². The number of hydrogen-bond acceptors (Lipinski definition) is 3. The summed E-state index contributed by atoms with van der Waals surface area (Å²) in [5, 5.41) is 3.20. The topological polar surface area (TPSA) is 45.2 Å². The van der Waals surface area contributed by atoms with Gasteiger partial charge in [-0.25, -0.2) is 4.39 Å². The van der Waals surface area contributed by atoms with Crippen LogP contribution in [0.2, 0.25) is 0 Å². The van der Waals surface area contributed by atoms with Crippen molar-refractivity contribution in [1.82, 2.24) is 15.2 Å². The molecule has 1 heterocycles. The first kappa shape index (κ1) is 18.5. The summed E-state index contributed by atoms with van der Waals surface area (Å²) in [4.78, 5) is 18.7. The van der Waals surface area contributed by atoms with Gasteiger partial charge in [-0.1, -0.05) is 24.6 Å². The van der Waals surface area contributed by atoms with Crippen molar-refractivity contribution in [2.24, 2.45) is 5.92 Å². The van der Waals surface area contributed by atoms with Gasteiger partial charge in [0, 0.05) is 18.8 Å². The van der Waals surface area contributed by atoms with E-state index in [1.54, 1.807) is 6.20 Å². The summed E-state index contributed by atoms with van der Waals surface area (Å²) in [5.41, 5.74) is 2.09. The second-order valence-corrected chi connectivity index (χ2v) is 7.19. The van der Waals surface area contributed by atoms with Crippen LogP contribution in [-0.4, -0.2) is 35.4 Å². The third kappa shape index (κ3) is 5.36. The van der Waals surface area contributed by atoms with Crippen LogP contribution in [-0.2, 0) is 17.8 Å². The number of aromatic nitrogens is 1. The Bertz CT molecular complexity index is 705. The van der Waals surface area contributed by atoms with E-state index in [4.69, 9.17) is 0 Å². The second-order valence-electron chi connectivity index (χ2n) is 7.19. The summed E-state index contributed by atoms with van der Waals surface area (Å²) in [5.74, 6) is 0.269. The van der Waals surface area contributed by atoms with Gasteiger partial charge in [0.2, 0.25) is 5.91 Å². The molecule has 1 aliphatic rings. The Kier molecular flexibility index (Phi) is 6.34. The van der Waals surface area contributed by atoms with Gasteiger partial charge in [-0.05, 0) is 62.1 Å². The molecule has 3 rings (SSSR count). The first-order chi connectivity index (χ1) is 12.6. The largest absolute Gasteiger partial charge is 0.352 e. The van der Waals surface area contributed by atoms with E-state index < -0.39 is 0 Å². The Morgan fingerprint density at radius 2 is 2.04 bits per heavy atom. The molecule has 0 radical (unpaired) electrons. The molecule has 1 aromatic carbocycles. The number of nitrogens with one attached hydrogen (secondary N) is 1. The van der Waals surface area contributed by atoms with Crippen molar-refractivity contribution in [2.75, 3.05) is 13.6 Å². The standard InChI is InChI=1S/C21H26FN3O/c1-25(14-19-6-2-3-12-23-19)15-21(26)24-20-7-4-5-17(20)13-16-8-10-18(22)11-9-16/h2-3,6,8-12,17,20H,4-5,7,13-15H2,1H3,(H,24,26)/t17-,20-/m1/s1. The molecule has 2 atom stereocenters. The molecular weight excluding hydrogens is 329 g/mol. The minimum Gasteiger partial charge on any atom is -0.352 e. The van der Waals surface area contributed by atoms with Gasteiger partial charge in [0.05, 0.1) is 12.2 Å². The number of carbonyl (C=O) groups is 1. The van der Waals surface area contributed by atoms with Crippen LogP contribution in [0.5, 0.6) is 0 Å². The summed E-state index contributed by atoms with van der Waals surface area (Å²) in [6.07, 6.45) is 5.89. The molecule has 0 unspecified atom stereocenters. The molecule has 26 heavy (non-hydrogen) atoms. The average Bonchev–Trinajstić information content (AvgIpc) is 3.04. The molecule has 138 valence electrons. The SMILES string of the molecule is CN(CC(=O)N[C@@H]1CCC[C@@H]1Cc1ccc(F)cc1)Cc1ccccn1. The Labute approximate surface area is 154 Å². The van der Waals surface area contributed by atoms with E-state index in [-0.39, 0.29) is 17.8 Å². The lowest BCUT2D eigenvalue weighted by Crippen LogP contribution is -2.42. The van der Waals surface area contributed by atoms with Crippen LogP contribution in [0.3, 0.4) is 0 Å². The zero-order chi connectivity index (χ0) is 18.4. The number of carbonyl (C=O) groups excluding carboxylic acids is 1. The molecule has 1 fully saturated rings. The Morgan fingerprint density at radius 3 is 2.77 bits per heavy atom. The maximum absolute atomic E-state index is 13.1. The zero-order valence-corrected chi connectivity index (χ0v) is 15.2. The van der Waals surface area contributed by atoms with Gasteiger partial charge in [-0.3, -0.25) is 14.7 Å². The number of benzene rings is 1. The van der Waals surface area contributed by atoms with E-state index in [0.29, 0.717) is 19.0 Å². The van der Waals surface area contributed by atoms with Crippen LogP contribution >= 0.6 is 0 Å². The number of amides is 1. The number of hydrogen-bond donors (Lipinski definition) is 1. The van der Waals surface area contributed by atoms with Gasteiger partial charge in [0.1, 0.15) is 5.82 Å². The van der Waals surface area contributed by atoms with Crippen molar-refractivity contribution in [2.45, 2.75) is 38.3 Å². The lowest BCUT2D eigenvalue weighted by Gasteiger charge is -2.23. The highest BCUT2D eigenvalue weighted by Gasteiger charge is 2.28. The minimum atomic E-state index is -0.207. The molecule has 1 amide bonds. The predicted octanol–water partition coefficient (Wildman–Crippen LogP) is 3.18. The van der Waals surface area contributed by atoms with Crippen molar-refractivity contribution in [3.8, 4) is 0 Å². The molecule has 4 nitrogen and oxygen atoms in total. The van der Waals surface area contributed by atoms with E-state index in [0.717, 1.165) is 36.9 Å². The molecule has 5 heteroatoms. The maximum Gasteiger partial charge on any atom is 0.234 e. The molecule has 0 aliphatic heterocycles. The third-order valence-corrected chi connectivity index (χ3v) is 4.99. The fourth-order valence-corrected chi connectivity index (χ4v) is 3.72. The predicted molar refractivity (Wildman–Crippen MR) is 99.9 cm³/mol. The maximum atomic E-state index is 13.1. The zero-order valence-electron chi connectivity index (χ0n) is 15.2. The lowest BCUT2D eigenvalue weighted by atomic mass is 9.94. The quantitative estimate of drug-likeness (QED) is 0.830. The van der Waals surface area contributed by atoms with E-state index >= 15 is 0 Å². The van der Waals surface area contributed by atoms with Crippen LogP contribution in [0, 0.1) is 11.7 Å². The van der Waals surface area contributed by atoms with Crippen molar-refractivity contribution in [3.63, 3.8) is 0 Å². The van der Waals surface area contributed by atoms with E-state index in [1.165, 1.54) is 12.1 Å². The van der Waals surface area contributed by atoms with Gasteiger partial charge in [-0.15, -0.1) is 0 Å². The number of likely N-dealkylation sites (N-methyl/N-ethyl adjacent to an activating group) is 1. The van der Waals surface area contributed by atoms with Crippen molar-refractivity contribution < 1.29 is 9.18 Å². The minimum absolute atomic E-state index is 0.0550. The van der Waals surface area contributed by atoms with Gasteiger partial charge < -0.3 is 5.32 Å². The van der Waals surface area contributed by atoms with E-state index in [9.17, 15) is 9.18 Å². The Balaban J connectivity index is 1.48. The number of halogens is 1. The van der Waals surface area contributed by atoms with Gasteiger partial charge in [0.25, 0.3) is 0 Å². The number of nitrogens with zero attached hydrogens (tertiary/aromatic N) is 2. The first-order valence-corrected chi connectivity index (χ1v) is 9.22. The summed E-state index contributed by atoms with van der Waals surface area (Å²) in [7, 11) is 1.93. The molecular formula is C21H26FN3O. The normalized spacial score (nSPS) is 19.7. The highest BCUT2D eigenvalue weighted by molar-refractivity contribution is 5.78. The molecule has 2 aromatic rings. The summed E-state index contributed by atoms with van der Waals surface area (Å²) in [6, 6.07) is 12.7. The summed E-state index contributed by atoms with van der Waals surface area (Å²) < 4.78 is 13.1. The van der Waals surface area contributed by atoms with Gasteiger partial charge >= 0.3 is 0 Å². The smallest absolute Gasteiger partial charge is 0.234 e. The van der Waals surface area contributed by atoms with E-state index in [2.05, 4.69) is 10.3 Å². The molecule has 0 saturated heterocycles. The molecule has 0 spiro atoms. The molecule has 1 aliphatic carbocycles. The van der Waals surface area contributed by atoms with Crippen LogP contribution in [0.15, 0.2) is 48.7 Å². The van der Waals surface area contributed by atoms with Crippen molar-refractivity contribution >= 4 is 5.91 Å². The summed E-state index contributed by atoms with van der Waals surface area (Å²) in [6.45, 7) is 1.01. The van der Waals surface area contributed by atoms with Crippen LogP contribution < -0.4 is 5.32 Å². The first-order valence-electron chi connectivity index (χ1n) is 9.22. The van der Waals surface area contributed by atoms with Crippen LogP contribution in [0.25, 0.3) is 0 Å². The van der Waals surface area contributed by atoms with Crippen molar-refractivity contribution in [3.05, 3.63) is 65.7 Å². The molecule has 0 bridgehead atoms. The molecule has 1 saturated carbocycles. The summed E-state index contributed by atoms with van der Waals surface area (Å²) >= 11 is 0. The lowest BCUT2D eigenvalue weighted by molar-refractivity contribution is -0.123. The highest BCUT2D eigenvalue weighted by atomic mass is 19.1. The van der Waals surface area contributed by atoms with Gasteiger partial charge in [0.15, 0.2) is 0 Å². The van der Waals surface area contributed by atoms with Crippen LogP contribution in [0.4, 0.5) is 4.39 Å². The van der Waals surface area contributed by atoms with Crippen molar-refractivity contribution in [1.29, 1.82) is 0 Å². The molecule has 1 aromatic heterocycles. The molecule has 1 N–H and O–H groups in total. The fourth-order valence-electron chi connectivity index (χ4n) is 3.72. The second kappa shape index (κ2) is 8.90. The number of rotatable bonds is 7. The third-order valence-electron chi connectivity index (χ3n) is 4.99. The Hall–Kier alpha value is -2.27. The van der Waals surface area contributed by atoms with Crippen LogP contribution in [0.1, 0.15) is 30.5 Å². The number of pyridine rings is 1. The van der Waals surface area contributed by atoms with E-state index in [1.807, 2.05) is 42.3 Å². The highest BCUT2D eigenvalue weighted by Crippen LogP contribution is 2.29. The average molecular weight is 355 g/mol. The Morgan fingerprint density at radius 1 is 1.23 bits per heavy atom.